The second-order valence-electron chi connectivity index (χ2n) is 5.78. The van der Waals surface area contributed by atoms with Crippen molar-refractivity contribution < 1.29 is 19.1 Å². The van der Waals surface area contributed by atoms with Gasteiger partial charge in [0.1, 0.15) is 12.7 Å². The van der Waals surface area contributed by atoms with E-state index in [1.54, 1.807) is 37.4 Å². The average molecular weight is 352 g/mol. The molecule has 134 valence electrons. The molecule has 3 rings (SSSR count). The van der Waals surface area contributed by atoms with E-state index in [0.29, 0.717) is 24.5 Å². The Kier molecular flexibility index (Phi) is 5.53. The second kappa shape index (κ2) is 8.20. The number of hydrogen-bond acceptors (Lipinski definition) is 4. The maximum Gasteiger partial charge on any atom is 0.251 e. The summed E-state index contributed by atoms with van der Waals surface area (Å²) in [4.78, 5) is 23.5. The van der Waals surface area contributed by atoms with Gasteiger partial charge in [-0.05, 0) is 35.9 Å². The van der Waals surface area contributed by atoms with E-state index in [0.717, 1.165) is 11.3 Å². The number of carbonyl (C=O) groups is 2. The first kappa shape index (κ1) is 17.5. The highest BCUT2D eigenvalue weighted by molar-refractivity contribution is 5.94. The molecule has 0 fully saturated rings. The highest BCUT2D eigenvalue weighted by atomic mass is 16.6. The largest absolute Gasteiger partial charge is 0.486 e. The summed E-state index contributed by atoms with van der Waals surface area (Å²) in [7, 11) is 1.58. The topological polar surface area (TPSA) is 76.7 Å². The Morgan fingerprint density at radius 1 is 1.12 bits per heavy atom. The molecule has 1 aliphatic rings. The van der Waals surface area contributed by atoms with Crippen molar-refractivity contribution in [1.29, 1.82) is 0 Å². The van der Waals surface area contributed by atoms with Gasteiger partial charge in [-0.1, -0.05) is 24.3 Å². The molecule has 0 spiro atoms. The molecule has 0 saturated carbocycles. The van der Waals surface area contributed by atoms with Gasteiger partial charge in [0.05, 0.1) is 6.54 Å². The van der Waals surface area contributed by atoms with Crippen molar-refractivity contribution in [3.8, 4) is 11.5 Å². The number of nitrogens with one attached hydrogen (secondary N) is 2. The summed E-state index contributed by atoms with van der Waals surface area (Å²) in [6.45, 7) is 0.745. The van der Waals surface area contributed by atoms with Gasteiger partial charge in [-0.3, -0.25) is 9.59 Å². The second-order valence-corrected chi connectivity index (χ2v) is 5.78. The highest BCUT2D eigenvalue weighted by Crippen LogP contribution is 2.30. The third-order valence-corrected chi connectivity index (χ3v) is 3.90. The van der Waals surface area contributed by atoms with Gasteiger partial charge >= 0.3 is 0 Å². The molecule has 2 aromatic rings. The molecule has 1 aliphatic heterocycles. The van der Waals surface area contributed by atoms with E-state index in [9.17, 15) is 9.59 Å². The first-order valence-corrected chi connectivity index (χ1v) is 8.32. The molecule has 1 heterocycles. The van der Waals surface area contributed by atoms with Crippen LogP contribution < -0.4 is 20.1 Å². The van der Waals surface area contributed by atoms with E-state index in [-0.39, 0.29) is 17.9 Å². The minimum Gasteiger partial charge on any atom is -0.486 e. The lowest BCUT2D eigenvalue weighted by molar-refractivity contribution is -0.116. The van der Waals surface area contributed by atoms with Crippen molar-refractivity contribution in [2.45, 2.75) is 6.10 Å². The quantitative estimate of drug-likeness (QED) is 0.807. The van der Waals surface area contributed by atoms with Gasteiger partial charge < -0.3 is 20.1 Å². The molecule has 6 nitrogen and oxygen atoms in total. The minimum atomic E-state index is -0.228. The van der Waals surface area contributed by atoms with Crippen LogP contribution in [0, 0.1) is 0 Å². The lowest BCUT2D eigenvalue weighted by Crippen LogP contribution is -2.40. The van der Waals surface area contributed by atoms with Crippen LogP contribution in [0.5, 0.6) is 11.5 Å². The Bertz CT molecular complexity index is 815. The maximum absolute atomic E-state index is 12.0. The molecule has 0 radical (unpaired) electrons. The number of fused-ring (bicyclic) bond motifs is 1. The Labute approximate surface area is 151 Å². The van der Waals surface area contributed by atoms with Crippen LogP contribution >= 0.6 is 0 Å². The van der Waals surface area contributed by atoms with E-state index in [1.165, 1.54) is 6.08 Å². The van der Waals surface area contributed by atoms with E-state index in [1.807, 2.05) is 24.3 Å². The van der Waals surface area contributed by atoms with Crippen LogP contribution in [0.3, 0.4) is 0 Å². The summed E-state index contributed by atoms with van der Waals surface area (Å²) in [5.41, 5.74) is 1.41. The lowest BCUT2D eigenvalue weighted by atomic mass is 10.1. The molecule has 0 aliphatic carbocycles. The lowest BCUT2D eigenvalue weighted by Gasteiger charge is -2.26. The normalized spacial score (nSPS) is 15.5. The minimum absolute atomic E-state index is 0.144. The molecule has 0 aromatic heterocycles. The molecule has 0 saturated heterocycles. The van der Waals surface area contributed by atoms with Gasteiger partial charge in [-0.2, -0.15) is 0 Å². The van der Waals surface area contributed by atoms with E-state index >= 15 is 0 Å². The van der Waals surface area contributed by atoms with Crippen LogP contribution in [0.4, 0.5) is 0 Å². The van der Waals surface area contributed by atoms with Gasteiger partial charge in [0, 0.05) is 18.7 Å². The number of rotatable bonds is 5. The van der Waals surface area contributed by atoms with E-state index < -0.39 is 0 Å². The van der Waals surface area contributed by atoms with Crippen LogP contribution in [0.2, 0.25) is 0 Å². The Morgan fingerprint density at radius 2 is 1.85 bits per heavy atom. The van der Waals surface area contributed by atoms with Crippen LogP contribution in [0.1, 0.15) is 15.9 Å². The number of carbonyl (C=O) groups excluding carboxylic acids is 2. The van der Waals surface area contributed by atoms with Gasteiger partial charge in [0.25, 0.3) is 5.91 Å². The smallest absolute Gasteiger partial charge is 0.251 e. The molecule has 0 bridgehead atoms. The molecule has 2 amide bonds. The van der Waals surface area contributed by atoms with Gasteiger partial charge in [0.15, 0.2) is 11.5 Å². The fourth-order valence-corrected chi connectivity index (χ4v) is 2.50. The van der Waals surface area contributed by atoms with Crippen LogP contribution in [-0.4, -0.2) is 38.1 Å². The molecule has 1 unspecified atom stereocenters. The molecular weight excluding hydrogens is 332 g/mol. The zero-order chi connectivity index (χ0) is 18.4. The zero-order valence-corrected chi connectivity index (χ0v) is 14.4. The van der Waals surface area contributed by atoms with Crippen LogP contribution in [0.25, 0.3) is 6.08 Å². The predicted molar refractivity (Wildman–Crippen MR) is 98.2 cm³/mol. The zero-order valence-electron chi connectivity index (χ0n) is 14.4. The van der Waals surface area contributed by atoms with Crippen molar-refractivity contribution in [3.05, 3.63) is 65.7 Å². The SMILES string of the molecule is CNC(=O)c1ccc(/C=C/C(=O)NCC2COc3ccccc3O2)cc1. The van der Waals surface area contributed by atoms with Crippen molar-refractivity contribution >= 4 is 17.9 Å². The van der Waals surface area contributed by atoms with Crippen LogP contribution in [0.15, 0.2) is 54.6 Å². The monoisotopic (exact) mass is 352 g/mol. The number of amides is 2. The average Bonchev–Trinajstić information content (AvgIpc) is 2.70. The van der Waals surface area contributed by atoms with Crippen molar-refractivity contribution in [1.82, 2.24) is 10.6 Å². The first-order valence-electron chi connectivity index (χ1n) is 8.32. The molecule has 2 N–H and O–H groups in total. The van der Waals surface area contributed by atoms with Crippen molar-refractivity contribution in [2.24, 2.45) is 0 Å². The Balaban J connectivity index is 1.48. The van der Waals surface area contributed by atoms with Gasteiger partial charge in [-0.15, -0.1) is 0 Å². The Hall–Kier alpha value is -3.28. The number of ether oxygens (including phenoxy) is 2. The third-order valence-electron chi connectivity index (χ3n) is 3.90. The summed E-state index contributed by atoms with van der Waals surface area (Å²) in [6.07, 6.45) is 2.91. The molecular formula is C20H20N2O4. The van der Waals surface area contributed by atoms with Crippen molar-refractivity contribution in [2.75, 3.05) is 20.2 Å². The predicted octanol–water partition coefficient (Wildman–Crippen LogP) is 2.02. The summed E-state index contributed by atoms with van der Waals surface area (Å²) < 4.78 is 11.4. The van der Waals surface area contributed by atoms with Gasteiger partial charge in [-0.25, -0.2) is 0 Å². The first-order chi connectivity index (χ1) is 12.7. The van der Waals surface area contributed by atoms with Crippen LogP contribution in [-0.2, 0) is 4.79 Å². The molecule has 1 atom stereocenters. The van der Waals surface area contributed by atoms with E-state index in [2.05, 4.69) is 10.6 Å². The standard InChI is InChI=1S/C20H20N2O4/c1-21-20(24)15-9-6-14(7-10-15)8-11-19(23)22-12-16-13-25-17-4-2-3-5-18(17)26-16/h2-11,16H,12-13H2,1H3,(H,21,24)(H,22,23)/b11-8+. The Morgan fingerprint density at radius 3 is 2.58 bits per heavy atom. The number of hydrogen-bond donors (Lipinski definition) is 2. The highest BCUT2D eigenvalue weighted by Gasteiger charge is 2.20. The number of para-hydroxylation sites is 2. The molecule has 26 heavy (non-hydrogen) atoms. The maximum atomic E-state index is 12.0. The summed E-state index contributed by atoms with van der Waals surface area (Å²) in [6, 6.07) is 14.4. The van der Waals surface area contributed by atoms with Crippen molar-refractivity contribution in [3.63, 3.8) is 0 Å². The van der Waals surface area contributed by atoms with E-state index in [4.69, 9.17) is 9.47 Å². The third kappa shape index (κ3) is 4.42. The summed E-state index contributed by atoms with van der Waals surface area (Å²) >= 11 is 0. The summed E-state index contributed by atoms with van der Waals surface area (Å²) in [5.74, 6) is 1.04. The summed E-state index contributed by atoms with van der Waals surface area (Å²) in [5, 5.41) is 5.36. The fourth-order valence-electron chi connectivity index (χ4n) is 2.50. The molecule has 2 aromatic carbocycles. The number of benzene rings is 2. The molecule has 6 heteroatoms. The fraction of sp³-hybridized carbons (Fsp3) is 0.200. The van der Waals surface area contributed by atoms with Gasteiger partial charge in [0.2, 0.25) is 5.91 Å².